The average Bonchev–Trinajstić information content (AvgIpc) is 3.07. The minimum absolute atomic E-state index is 0.0262. The van der Waals surface area contributed by atoms with E-state index >= 15 is 0 Å². The molecule has 298 valence electrons. The summed E-state index contributed by atoms with van der Waals surface area (Å²) in [7, 11) is 1.45. The number of rotatable bonds is 36. The van der Waals surface area contributed by atoms with E-state index in [0.29, 0.717) is 23.9 Å². The van der Waals surface area contributed by atoms with Crippen LogP contribution in [-0.4, -0.2) is 74.9 Å². The number of quaternary nitrogens is 1. The zero-order valence-electron chi connectivity index (χ0n) is 33.3. The second-order valence-corrected chi connectivity index (χ2v) is 16.1. The van der Waals surface area contributed by atoms with Crippen molar-refractivity contribution in [3.63, 3.8) is 0 Å². The Morgan fingerprint density at radius 1 is 0.608 bits per heavy atom. The second kappa shape index (κ2) is 34.0. The summed E-state index contributed by atoms with van der Waals surface area (Å²) in [6.07, 6.45) is 36.2. The van der Waals surface area contributed by atoms with Gasteiger partial charge in [-0.2, -0.15) is 0 Å². The SMILES string of the molecule is CCCCC/C=C\C/C=C\C/C=C\CCCCC(=O)OC[C@H](COP(=O)(O)OCC[N+](C)(C)C)OC(=O)CCCCCCCCCCCCCC. The predicted octanol–water partition coefficient (Wildman–Crippen LogP) is 11.0. The first-order valence-corrected chi connectivity index (χ1v) is 21.7. The quantitative estimate of drug-likeness (QED) is 0.0222. The molecule has 0 aliphatic heterocycles. The maximum atomic E-state index is 12.6. The first-order chi connectivity index (χ1) is 24.5. The lowest BCUT2D eigenvalue weighted by Gasteiger charge is -2.24. The minimum atomic E-state index is -4.37. The molecule has 0 aromatic heterocycles. The fourth-order valence-electron chi connectivity index (χ4n) is 5.20. The third-order valence-corrected chi connectivity index (χ3v) is 9.41. The van der Waals surface area contributed by atoms with E-state index in [-0.39, 0.29) is 26.1 Å². The van der Waals surface area contributed by atoms with Gasteiger partial charge in [-0.3, -0.25) is 18.6 Å². The van der Waals surface area contributed by atoms with Gasteiger partial charge in [-0.15, -0.1) is 0 Å². The van der Waals surface area contributed by atoms with Crippen molar-refractivity contribution in [2.24, 2.45) is 0 Å². The number of phosphoric acid groups is 1. The molecule has 0 spiro atoms. The maximum absolute atomic E-state index is 12.6. The van der Waals surface area contributed by atoms with Crippen LogP contribution in [0.4, 0.5) is 0 Å². The molecule has 2 atom stereocenters. The average molecular weight is 743 g/mol. The summed E-state index contributed by atoms with van der Waals surface area (Å²) in [5.74, 6) is -0.844. The van der Waals surface area contributed by atoms with Gasteiger partial charge in [0.25, 0.3) is 0 Å². The van der Waals surface area contributed by atoms with E-state index in [9.17, 15) is 19.0 Å². The summed E-state index contributed by atoms with van der Waals surface area (Å²) in [6.45, 7) is 4.33. The Morgan fingerprint density at radius 3 is 1.61 bits per heavy atom. The molecule has 9 nitrogen and oxygen atoms in total. The fourth-order valence-corrected chi connectivity index (χ4v) is 5.94. The molecule has 0 aromatic rings. The highest BCUT2D eigenvalue weighted by molar-refractivity contribution is 7.47. The molecule has 0 rings (SSSR count). The largest absolute Gasteiger partial charge is 0.472 e. The Balaban J connectivity index is 4.47. The predicted molar refractivity (Wildman–Crippen MR) is 210 cm³/mol. The van der Waals surface area contributed by atoms with Crippen LogP contribution < -0.4 is 0 Å². The van der Waals surface area contributed by atoms with Crippen molar-refractivity contribution in [2.45, 2.75) is 168 Å². The summed E-state index contributed by atoms with van der Waals surface area (Å²) in [4.78, 5) is 35.2. The van der Waals surface area contributed by atoms with Crippen LogP contribution in [0.5, 0.6) is 0 Å². The van der Waals surface area contributed by atoms with E-state index < -0.39 is 32.5 Å². The molecule has 1 unspecified atom stereocenters. The van der Waals surface area contributed by atoms with Gasteiger partial charge in [-0.25, -0.2) is 4.57 Å². The van der Waals surface area contributed by atoms with Gasteiger partial charge < -0.3 is 18.9 Å². The van der Waals surface area contributed by atoms with E-state index in [0.717, 1.165) is 44.9 Å². The molecule has 51 heavy (non-hydrogen) atoms. The van der Waals surface area contributed by atoms with E-state index in [2.05, 4.69) is 50.3 Å². The van der Waals surface area contributed by atoms with Gasteiger partial charge in [0.15, 0.2) is 6.10 Å². The molecule has 0 fully saturated rings. The molecule has 10 heteroatoms. The Hall–Kier alpha value is -1.77. The number of carbonyl (C=O) groups is 2. The number of esters is 2. The zero-order valence-corrected chi connectivity index (χ0v) is 34.2. The molecule has 0 saturated heterocycles. The van der Waals surface area contributed by atoms with Crippen molar-refractivity contribution in [2.75, 3.05) is 47.5 Å². The van der Waals surface area contributed by atoms with Crippen LogP contribution in [-0.2, 0) is 32.7 Å². The van der Waals surface area contributed by atoms with E-state index in [4.69, 9.17) is 18.5 Å². The Labute approximate surface area is 312 Å². The number of allylic oxidation sites excluding steroid dienone is 6. The molecule has 1 N–H and O–H groups in total. The molecular formula is C41H77NO8P+. The van der Waals surface area contributed by atoms with Crippen LogP contribution in [0.15, 0.2) is 36.5 Å². The summed E-state index contributed by atoms with van der Waals surface area (Å²) in [6, 6.07) is 0. The van der Waals surface area contributed by atoms with Gasteiger partial charge in [-0.1, -0.05) is 134 Å². The van der Waals surface area contributed by atoms with E-state index in [1.807, 2.05) is 21.1 Å². The number of unbranched alkanes of at least 4 members (excludes halogenated alkanes) is 16. The Morgan fingerprint density at radius 2 is 1.06 bits per heavy atom. The highest BCUT2D eigenvalue weighted by atomic mass is 31.2. The summed E-state index contributed by atoms with van der Waals surface area (Å²) in [5.41, 5.74) is 0. The maximum Gasteiger partial charge on any atom is 0.472 e. The van der Waals surface area contributed by atoms with E-state index in [1.165, 1.54) is 77.0 Å². The van der Waals surface area contributed by atoms with Crippen LogP contribution in [0.3, 0.4) is 0 Å². The number of nitrogens with zero attached hydrogens (tertiary/aromatic N) is 1. The van der Waals surface area contributed by atoms with Crippen molar-refractivity contribution >= 4 is 19.8 Å². The van der Waals surface area contributed by atoms with E-state index in [1.54, 1.807) is 0 Å². The molecule has 0 amide bonds. The van der Waals surface area contributed by atoms with Crippen LogP contribution in [0.1, 0.15) is 162 Å². The molecule has 0 saturated carbocycles. The summed E-state index contributed by atoms with van der Waals surface area (Å²) >= 11 is 0. The molecule has 0 bridgehead atoms. The number of hydrogen-bond donors (Lipinski definition) is 1. The highest BCUT2D eigenvalue weighted by Gasteiger charge is 2.27. The van der Waals surface area contributed by atoms with Crippen molar-refractivity contribution in [1.29, 1.82) is 0 Å². The third-order valence-electron chi connectivity index (χ3n) is 8.42. The highest BCUT2D eigenvalue weighted by Crippen LogP contribution is 2.43. The number of ether oxygens (including phenoxy) is 2. The topological polar surface area (TPSA) is 108 Å². The van der Waals surface area contributed by atoms with Crippen molar-refractivity contribution in [1.82, 2.24) is 0 Å². The van der Waals surface area contributed by atoms with Gasteiger partial charge in [0.2, 0.25) is 0 Å². The second-order valence-electron chi connectivity index (χ2n) is 14.7. The van der Waals surface area contributed by atoms with Gasteiger partial charge in [0.05, 0.1) is 27.7 Å². The number of likely N-dealkylation sites (N-methyl/N-ethyl adjacent to an activating group) is 1. The van der Waals surface area contributed by atoms with Crippen LogP contribution >= 0.6 is 7.82 Å². The molecule has 0 aromatic carbocycles. The van der Waals surface area contributed by atoms with Crippen molar-refractivity contribution < 1.29 is 42.1 Å². The molecule has 0 heterocycles. The zero-order chi connectivity index (χ0) is 37.9. The lowest BCUT2D eigenvalue weighted by Crippen LogP contribution is -2.37. The summed E-state index contributed by atoms with van der Waals surface area (Å²) < 4.78 is 34.1. The minimum Gasteiger partial charge on any atom is -0.462 e. The smallest absolute Gasteiger partial charge is 0.462 e. The monoisotopic (exact) mass is 743 g/mol. The normalized spacial score (nSPS) is 14.1. The first-order valence-electron chi connectivity index (χ1n) is 20.2. The number of hydrogen-bond acceptors (Lipinski definition) is 7. The fraction of sp³-hybridized carbons (Fsp3) is 0.805. The Bertz CT molecular complexity index is 975. The third kappa shape index (κ3) is 37.8. The molecule has 0 aliphatic carbocycles. The number of phosphoric ester groups is 1. The van der Waals surface area contributed by atoms with Crippen LogP contribution in [0, 0.1) is 0 Å². The van der Waals surface area contributed by atoms with Crippen LogP contribution in [0.25, 0.3) is 0 Å². The number of carbonyl (C=O) groups excluding carboxylic acids is 2. The summed E-state index contributed by atoms with van der Waals surface area (Å²) in [5, 5.41) is 0. The lowest BCUT2D eigenvalue weighted by atomic mass is 10.0. The standard InChI is InChI=1S/C41H76NO8P/c1-6-8-10-12-14-16-18-20-21-22-24-25-27-29-31-33-40(43)47-37-39(38-49-51(45,46)48-36-35-42(3,4)5)50-41(44)34-32-30-28-26-23-19-17-15-13-11-9-7-2/h14,16,20-21,24-25,39H,6-13,15,17-19,22-23,26-38H2,1-5H3/p+1/b16-14-,21-20-,25-24-/t39-/m1/s1. The molecular weight excluding hydrogens is 665 g/mol. The lowest BCUT2D eigenvalue weighted by molar-refractivity contribution is -0.870. The van der Waals surface area contributed by atoms with Crippen LogP contribution in [0.2, 0.25) is 0 Å². The van der Waals surface area contributed by atoms with Gasteiger partial charge in [0, 0.05) is 12.8 Å². The van der Waals surface area contributed by atoms with Crippen molar-refractivity contribution in [3.8, 4) is 0 Å². The molecule has 0 radical (unpaired) electrons. The van der Waals surface area contributed by atoms with Gasteiger partial charge in [-0.05, 0) is 51.4 Å². The molecule has 0 aliphatic rings. The Kier molecular flexibility index (Phi) is 32.8. The van der Waals surface area contributed by atoms with Gasteiger partial charge >= 0.3 is 19.8 Å². The van der Waals surface area contributed by atoms with Crippen molar-refractivity contribution in [3.05, 3.63) is 36.5 Å². The first kappa shape index (κ1) is 49.2. The van der Waals surface area contributed by atoms with Gasteiger partial charge in [0.1, 0.15) is 19.8 Å².